The predicted molar refractivity (Wildman–Crippen MR) is 106 cm³/mol. The molecule has 0 aliphatic carbocycles. The summed E-state index contributed by atoms with van der Waals surface area (Å²) in [5.41, 5.74) is 3.95. The molecule has 0 saturated carbocycles. The second kappa shape index (κ2) is 8.40. The van der Waals surface area contributed by atoms with Crippen molar-refractivity contribution >= 4 is 17.5 Å². The van der Waals surface area contributed by atoms with Crippen molar-refractivity contribution in [1.29, 1.82) is 0 Å². The Bertz CT molecular complexity index is 925. The van der Waals surface area contributed by atoms with E-state index in [0.29, 0.717) is 24.1 Å². The van der Waals surface area contributed by atoms with Crippen LogP contribution in [0.15, 0.2) is 54.7 Å². The minimum atomic E-state index is -0.258. The average molecular weight is 361 g/mol. The maximum absolute atomic E-state index is 12.5. The van der Waals surface area contributed by atoms with Gasteiger partial charge in [0.15, 0.2) is 0 Å². The van der Waals surface area contributed by atoms with Crippen LogP contribution in [0, 0.1) is 6.92 Å². The van der Waals surface area contributed by atoms with Crippen molar-refractivity contribution in [3.63, 3.8) is 0 Å². The van der Waals surface area contributed by atoms with E-state index in [0.717, 1.165) is 17.1 Å². The third kappa shape index (κ3) is 4.88. The first kappa shape index (κ1) is 18.5. The molecule has 0 aliphatic rings. The summed E-state index contributed by atoms with van der Waals surface area (Å²) in [7, 11) is 0. The molecule has 0 saturated heterocycles. The Morgan fingerprint density at radius 3 is 2.59 bits per heavy atom. The first-order valence-corrected chi connectivity index (χ1v) is 8.92. The van der Waals surface area contributed by atoms with Gasteiger partial charge in [-0.2, -0.15) is 0 Å². The summed E-state index contributed by atoms with van der Waals surface area (Å²) in [6.45, 7) is 6.46. The maximum Gasteiger partial charge on any atom is 0.270 e. The van der Waals surface area contributed by atoms with Crippen LogP contribution < -0.4 is 10.6 Å². The number of benzene rings is 1. The highest BCUT2D eigenvalue weighted by Crippen LogP contribution is 2.25. The van der Waals surface area contributed by atoms with Gasteiger partial charge in [-0.25, -0.2) is 9.97 Å². The van der Waals surface area contributed by atoms with Crippen LogP contribution in [0.2, 0.25) is 0 Å². The topological polar surface area (TPSA) is 79.8 Å². The monoisotopic (exact) mass is 361 g/mol. The molecule has 0 atom stereocenters. The number of pyridine rings is 1. The molecule has 1 aromatic carbocycles. The molecule has 0 radical (unpaired) electrons. The molecule has 27 heavy (non-hydrogen) atoms. The van der Waals surface area contributed by atoms with Crippen LogP contribution in [-0.4, -0.2) is 20.9 Å². The van der Waals surface area contributed by atoms with Gasteiger partial charge in [0.1, 0.15) is 5.69 Å². The van der Waals surface area contributed by atoms with Crippen molar-refractivity contribution in [2.75, 3.05) is 5.32 Å². The van der Waals surface area contributed by atoms with Gasteiger partial charge < -0.3 is 10.6 Å². The fraction of sp³-hybridized carbons (Fsp3) is 0.238. The quantitative estimate of drug-likeness (QED) is 0.694. The molecule has 2 N–H and O–H groups in total. The van der Waals surface area contributed by atoms with Crippen LogP contribution in [0.1, 0.15) is 47.2 Å². The minimum absolute atomic E-state index is 0.258. The number of amides is 1. The Morgan fingerprint density at radius 2 is 1.85 bits per heavy atom. The molecule has 0 fully saturated rings. The normalized spacial score (nSPS) is 10.7. The highest BCUT2D eigenvalue weighted by atomic mass is 16.1. The summed E-state index contributed by atoms with van der Waals surface area (Å²) < 4.78 is 0. The molecule has 6 nitrogen and oxygen atoms in total. The molecular weight excluding hydrogens is 338 g/mol. The Labute approximate surface area is 159 Å². The van der Waals surface area contributed by atoms with E-state index in [1.54, 1.807) is 12.3 Å². The Morgan fingerprint density at radius 1 is 1.07 bits per heavy atom. The number of aromatic nitrogens is 3. The summed E-state index contributed by atoms with van der Waals surface area (Å²) in [4.78, 5) is 25.5. The number of hydrogen-bond acceptors (Lipinski definition) is 5. The van der Waals surface area contributed by atoms with Gasteiger partial charge in [-0.1, -0.05) is 38.1 Å². The van der Waals surface area contributed by atoms with Gasteiger partial charge in [0, 0.05) is 17.6 Å². The zero-order valence-electron chi connectivity index (χ0n) is 15.7. The van der Waals surface area contributed by atoms with Crippen molar-refractivity contribution in [1.82, 2.24) is 20.3 Å². The van der Waals surface area contributed by atoms with E-state index in [1.165, 1.54) is 5.56 Å². The highest BCUT2D eigenvalue weighted by Gasteiger charge is 2.12. The predicted octanol–water partition coefficient (Wildman–Crippen LogP) is 3.98. The molecule has 0 aliphatic heterocycles. The molecule has 2 heterocycles. The van der Waals surface area contributed by atoms with Crippen LogP contribution in [0.5, 0.6) is 0 Å². The first-order chi connectivity index (χ1) is 13.0. The Balaban J connectivity index is 1.77. The van der Waals surface area contributed by atoms with Crippen molar-refractivity contribution < 1.29 is 4.79 Å². The SMILES string of the molecule is Cc1cc(C(=O)NCc2ccccn2)nc(Nc2ccccc2C(C)C)n1. The van der Waals surface area contributed by atoms with Crippen LogP contribution in [0.3, 0.4) is 0 Å². The van der Waals surface area contributed by atoms with Crippen LogP contribution in [0.4, 0.5) is 11.6 Å². The molecule has 0 unspecified atom stereocenters. The molecule has 0 spiro atoms. The van der Waals surface area contributed by atoms with Gasteiger partial charge in [0.05, 0.1) is 12.2 Å². The van der Waals surface area contributed by atoms with Gasteiger partial charge in [-0.05, 0) is 42.7 Å². The van der Waals surface area contributed by atoms with Gasteiger partial charge in [-0.15, -0.1) is 0 Å². The zero-order valence-corrected chi connectivity index (χ0v) is 15.7. The van der Waals surface area contributed by atoms with E-state index < -0.39 is 0 Å². The molecule has 6 heteroatoms. The van der Waals surface area contributed by atoms with Crippen molar-refractivity contribution in [3.05, 3.63) is 77.4 Å². The average Bonchev–Trinajstić information content (AvgIpc) is 2.66. The number of nitrogens with one attached hydrogen (secondary N) is 2. The molecule has 3 aromatic rings. The Hall–Kier alpha value is -3.28. The fourth-order valence-electron chi connectivity index (χ4n) is 2.74. The zero-order chi connectivity index (χ0) is 19.2. The lowest BCUT2D eigenvalue weighted by Gasteiger charge is -2.14. The second-order valence-electron chi connectivity index (χ2n) is 6.59. The third-order valence-corrected chi connectivity index (χ3v) is 4.07. The molecule has 2 aromatic heterocycles. The fourth-order valence-corrected chi connectivity index (χ4v) is 2.74. The van der Waals surface area contributed by atoms with Gasteiger partial charge in [0.2, 0.25) is 5.95 Å². The smallest absolute Gasteiger partial charge is 0.270 e. The Kier molecular flexibility index (Phi) is 5.76. The summed E-state index contributed by atoms with van der Waals surface area (Å²) >= 11 is 0. The van der Waals surface area contributed by atoms with Gasteiger partial charge in [0.25, 0.3) is 5.91 Å². The minimum Gasteiger partial charge on any atom is -0.345 e. The number of rotatable bonds is 6. The summed E-state index contributed by atoms with van der Waals surface area (Å²) in [6.07, 6.45) is 1.70. The molecule has 3 rings (SSSR count). The lowest BCUT2D eigenvalue weighted by atomic mass is 10.0. The van der Waals surface area contributed by atoms with E-state index in [4.69, 9.17) is 0 Å². The van der Waals surface area contributed by atoms with Crippen molar-refractivity contribution in [3.8, 4) is 0 Å². The molecular formula is C21H23N5O. The standard InChI is InChI=1S/C21H23N5O/c1-14(2)17-9-4-5-10-18(17)25-21-24-15(3)12-19(26-21)20(27)23-13-16-8-6-7-11-22-16/h4-12,14H,13H2,1-3H3,(H,23,27)(H,24,25,26). The van der Waals surface area contributed by atoms with Gasteiger partial charge in [-0.3, -0.25) is 9.78 Å². The lowest BCUT2D eigenvalue weighted by molar-refractivity contribution is 0.0945. The van der Waals surface area contributed by atoms with E-state index in [9.17, 15) is 4.79 Å². The van der Waals surface area contributed by atoms with Crippen LogP contribution in [0.25, 0.3) is 0 Å². The summed E-state index contributed by atoms with van der Waals surface area (Å²) in [5, 5.41) is 6.09. The number of nitrogens with zero attached hydrogens (tertiary/aromatic N) is 3. The molecule has 138 valence electrons. The number of hydrogen-bond donors (Lipinski definition) is 2. The van der Waals surface area contributed by atoms with E-state index >= 15 is 0 Å². The van der Waals surface area contributed by atoms with E-state index in [2.05, 4.69) is 45.5 Å². The second-order valence-corrected chi connectivity index (χ2v) is 6.59. The number of carbonyl (C=O) groups excluding carboxylic acids is 1. The number of carbonyl (C=O) groups is 1. The largest absolute Gasteiger partial charge is 0.345 e. The number of aryl methyl sites for hydroxylation is 1. The number of para-hydroxylation sites is 1. The van der Waals surface area contributed by atoms with Crippen LogP contribution >= 0.6 is 0 Å². The summed E-state index contributed by atoms with van der Waals surface area (Å²) in [5.74, 6) is 0.511. The van der Waals surface area contributed by atoms with Crippen molar-refractivity contribution in [2.45, 2.75) is 33.2 Å². The highest BCUT2D eigenvalue weighted by molar-refractivity contribution is 5.92. The molecule has 0 bridgehead atoms. The third-order valence-electron chi connectivity index (χ3n) is 4.07. The van der Waals surface area contributed by atoms with Gasteiger partial charge >= 0.3 is 0 Å². The summed E-state index contributed by atoms with van der Waals surface area (Å²) in [6, 6.07) is 15.3. The molecule has 1 amide bonds. The van der Waals surface area contributed by atoms with Crippen molar-refractivity contribution in [2.24, 2.45) is 0 Å². The van der Waals surface area contributed by atoms with E-state index in [1.807, 2.05) is 43.3 Å². The van der Waals surface area contributed by atoms with E-state index in [-0.39, 0.29) is 5.91 Å². The van der Waals surface area contributed by atoms with Crippen LogP contribution in [-0.2, 0) is 6.54 Å². The maximum atomic E-state index is 12.5. The number of anilines is 2. The first-order valence-electron chi connectivity index (χ1n) is 8.92. The lowest BCUT2D eigenvalue weighted by Crippen LogP contribution is -2.25.